The van der Waals surface area contributed by atoms with Crippen molar-refractivity contribution in [3.8, 4) is 34.3 Å². The van der Waals surface area contributed by atoms with Gasteiger partial charge in [0.25, 0.3) is 0 Å². The zero-order valence-corrected chi connectivity index (χ0v) is 17.3. The molecule has 0 radical (unpaired) electrons. The maximum absolute atomic E-state index is 12.8. The van der Waals surface area contributed by atoms with Crippen molar-refractivity contribution in [2.24, 2.45) is 0 Å². The number of hydrogen-bond donors (Lipinski definition) is 6. The van der Waals surface area contributed by atoms with Crippen LogP contribution in [0.2, 0.25) is 0 Å². The van der Waals surface area contributed by atoms with Crippen molar-refractivity contribution in [2.45, 2.75) is 30.7 Å². The minimum Gasteiger partial charge on any atom is -0.508 e. The molecule has 0 bridgehead atoms. The number of aromatic hydroxyl groups is 2. The molecule has 1 aliphatic rings. The number of aliphatic hydroxyl groups is 4. The lowest BCUT2D eigenvalue weighted by Crippen LogP contribution is -2.60. The van der Waals surface area contributed by atoms with Gasteiger partial charge in [0.2, 0.25) is 12.0 Å². The van der Waals surface area contributed by atoms with Crippen LogP contribution in [0.1, 0.15) is 0 Å². The van der Waals surface area contributed by atoms with E-state index in [1.54, 1.807) is 0 Å². The van der Waals surface area contributed by atoms with E-state index >= 15 is 0 Å². The van der Waals surface area contributed by atoms with Crippen LogP contribution in [0.4, 0.5) is 0 Å². The molecule has 0 aliphatic carbocycles. The summed E-state index contributed by atoms with van der Waals surface area (Å²) in [6, 6.07) is 8.08. The van der Waals surface area contributed by atoms with Gasteiger partial charge in [0.1, 0.15) is 47.1 Å². The Hall–Kier alpha value is -3.35. The molecular formula is C22H22O11. The average molecular weight is 462 g/mol. The molecule has 11 heteroatoms. The number of phenolic OH excluding ortho intramolecular Hbond substituents is 2. The molecule has 1 aliphatic heterocycles. The van der Waals surface area contributed by atoms with Crippen LogP contribution in [0.5, 0.6) is 23.0 Å². The first-order chi connectivity index (χ1) is 15.7. The Labute approximate surface area is 186 Å². The van der Waals surface area contributed by atoms with Crippen molar-refractivity contribution in [1.29, 1.82) is 0 Å². The molecule has 33 heavy (non-hydrogen) atoms. The second-order valence-corrected chi connectivity index (χ2v) is 7.47. The summed E-state index contributed by atoms with van der Waals surface area (Å²) in [5, 5.41) is 59.4. The molecule has 2 heterocycles. The summed E-state index contributed by atoms with van der Waals surface area (Å²) in [7, 11) is 1.27. The summed E-state index contributed by atoms with van der Waals surface area (Å²) in [6.07, 6.45) is -7.85. The Morgan fingerprint density at radius 3 is 2.33 bits per heavy atom. The number of aliphatic hydroxyl groups excluding tert-OH is 4. The second kappa shape index (κ2) is 8.89. The van der Waals surface area contributed by atoms with Crippen LogP contribution in [0.15, 0.2) is 45.6 Å². The third kappa shape index (κ3) is 4.08. The van der Waals surface area contributed by atoms with E-state index in [9.17, 15) is 35.4 Å². The number of phenols is 2. The molecule has 1 unspecified atom stereocenters. The van der Waals surface area contributed by atoms with Gasteiger partial charge in [0, 0.05) is 17.7 Å². The summed E-state index contributed by atoms with van der Waals surface area (Å²) in [4.78, 5) is 12.8. The SMILES string of the molecule is COc1cc(O)c2c(=O)cc(-c3ccc(O)cc3)oc2c1OC1O[C@H](CO)[C@@H](O)[C@H](O)[C@H]1O. The summed E-state index contributed by atoms with van der Waals surface area (Å²) in [5.74, 6) is -0.670. The number of rotatable bonds is 5. The molecule has 11 nitrogen and oxygen atoms in total. The molecule has 1 fully saturated rings. The predicted octanol–water partition coefficient (Wildman–Crippen LogP) is 0.0585. The molecule has 1 saturated heterocycles. The molecule has 2 aromatic carbocycles. The van der Waals surface area contributed by atoms with Crippen LogP contribution >= 0.6 is 0 Å². The normalized spacial score (nSPS) is 25.2. The van der Waals surface area contributed by atoms with E-state index in [2.05, 4.69) is 0 Å². The molecule has 176 valence electrons. The number of methoxy groups -OCH3 is 1. The summed E-state index contributed by atoms with van der Waals surface area (Å²) in [6.45, 7) is -0.668. The largest absolute Gasteiger partial charge is 0.508 e. The van der Waals surface area contributed by atoms with Gasteiger partial charge in [0.05, 0.1) is 13.7 Å². The third-order valence-electron chi connectivity index (χ3n) is 5.36. The van der Waals surface area contributed by atoms with Gasteiger partial charge in [-0.2, -0.15) is 0 Å². The molecule has 0 amide bonds. The average Bonchev–Trinajstić information content (AvgIpc) is 2.80. The van der Waals surface area contributed by atoms with Gasteiger partial charge < -0.3 is 49.3 Å². The number of fused-ring (bicyclic) bond motifs is 1. The first kappa shape index (κ1) is 22.8. The van der Waals surface area contributed by atoms with Crippen LogP contribution in [0.25, 0.3) is 22.3 Å². The second-order valence-electron chi connectivity index (χ2n) is 7.47. The van der Waals surface area contributed by atoms with Crippen molar-refractivity contribution in [3.05, 3.63) is 46.6 Å². The van der Waals surface area contributed by atoms with Gasteiger partial charge in [0.15, 0.2) is 16.8 Å². The lowest BCUT2D eigenvalue weighted by atomic mass is 9.99. The van der Waals surface area contributed by atoms with Gasteiger partial charge in [-0.15, -0.1) is 0 Å². The van der Waals surface area contributed by atoms with Gasteiger partial charge in [-0.05, 0) is 24.3 Å². The zero-order chi connectivity index (χ0) is 23.9. The fourth-order valence-electron chi connectivity index (χ4n) is 3.58. The van der Waals surface area contributed by atoms with E-state index in [0.29, 0.717) is 5.56 Å². The maximum atomic E-state index is 12.8. The molecule has 4 rings (SSSR count). The highest BCUT2D eigenvalue weighted by Crippen LogP contribution is 2.42. The highest BCUT2D eigenvalue weighted by atomic mass is 16.7. The minimum atomic E-state index is -1.73. The van der Waals surface area contributed by atoms with E-state index in [4.69, 9.17) is 18.6 Å². The van der Waals surface area contributed by atoms with E-state index in [-0.39, 0.29) is 34.0 Å². The minimum absolute atomic E-state index is 0.00726. The maximum Gasteiger partial charge on any atom is 0.229 e. The highest BCUT2D eigenvalue weighted by molar-refractivity contribution is 5.91. The van der Waals surface area contributed by atoms with Crippen molar-refractivity contribution in [1.82, 2.24) is 0 Å². The number of ether oxygens (including phenoxy) is 3. The van der Waals surface area contributed by atoms with E-state index in [1.807, 2.05) is 0 Å². The van der Waals surface area contributed by atoms with Gasteiger partial charge in [-0.1, -0.05) is 0 Å². The summed E-state index contributed by atoms with van der Waals surface area (Å²) >= 11 is 0. The van der Waals surface area contributed by atoms with Gasteiger partial charge in [-0.25, -0.2) is 0 Å². The Morgan fingerprint density at radius 1 is 1.00 bits per heavy atom. The van der Waals surface area contributed by atoms with Gasteiger partial charge in [-0.3, -0.25) is 4.79 Å². The third-order valence-corrected chi connectivity index (χ3v) is 5.36. The molecule has 0 spiro atoms. The van der Waals surface area contributed by atoms with Crippen LogP contribution in [0.3, 0.4) is 0 Å². The Balaban J connectivity index is 1.86. The fourth-order valence-corrected chi connectivity index (χ4v) is 3.58. The summed E-state index contributed by atoms with van der Waals surface area (Å²) < 4.78 is 22.2. The monoisotopic (exact) mass is 462 g/mol. The highest BCUT2D eigenvalue weighted by Gasteiger charge is 2.45. The Morgan fingerprint density at radius 2 is 1.70 bits per heavy atom. The number of benzene rings is 2. The summed E-state index contributed by atoms with van der Waals surface area (Å²) in [5.41, 5.74) is -0.412. The van der Waals surface area contributed by atoms with Crippen molar-refractivity contribution < 1.29 is 49.3 Å². The van der Waals surface area contributed by atoms with E-state index in [1.165, 1.54) is 31.4 Å². The first-order valence-corrected chi connectivity index (χ1v) is 9.89. The quantitative estimate of drug-likeness (QED) is 0.302. The lowest BCUT2D eigenvalue weighted by Gasteiger charge is -2.39. The van der Waals surface area contributed by atoms with Gasteiger partial charge >= 0.3 is 0 Å². The van der Waals surface area contributed by atoms with Crippen LogP contribution in [-0.4, -0.2) is 75.1 Å². The first-order valence-electron chi connectivity index (χ1n) is 9.89. The molecule has 0 saturated carbocycles. The predicted molar refractivity (Wildman–Crippen MR) is 112 cm³/mol. The van der Waals surface area contributed by atoms with Crippen molar-refractivity contribution in [2.75, 3.05) is 13.7 Å². The van der Waals surface area contributed by atoms with Crippen molar-refractivity contribution >= 4 is 11.0 Å². The van der Waals surface area contributed by atoms with Crippen LogP contribution < -0.4 is 14.9 Å². The Kier molecular flexibility index (Phi) is 6.15. The zero-order valence-electron chi connectivity index (χ0n) is 17.3. The Bertz CT molecular complexity index is 1200. The number of hydrogen-bond acceptors (Lipinski definition) is 11. The van der Waals surface area contributed by atoms with E-state index < -0.39 is 48.5 Å². The molecule has 3 aromatic rings. The van der Waals surface area contributed by atoms with Crippen LogP contribution in [-0.2, 0) is 4.74 Å². The smallest absolute Gasteiger partial charge is 0.229 e. The standard InChI is InChI=1S/C22H22O11/c1-30-14-7-12(26)16-11(25)6-13(9-2-4-10(24)5-3-9)31-21(16)20(14)33-22-19(29)18(28)17(27)15(8-23)32-22/h2-7,15,17-19,22-24,26-29H,8H2,1H3/t15-,17-,18+,19-,22?/m1/s1. The topological polar surface area (TPSA) is 179 Å². The lowest BCUT2D eigenvalue weighted by molar-refractivity contribution is -0.277. The molecular weight excluding hydrogens is 440 g/mol. The van der Waals surface area contributed by atoms with Crippen molar-refractivity contribution in [3.63, 3.8) is 0 Å². The van der Waals surface area contributed by atoms with Crippen LogP contribution in [0, 0.1) is 0 Å². The molecule has 5 atom stereocenters. The molecule has 1 aromatic heterocycles. The fraction of sp³-hybridized carbons (Fsp3) is 0.318. The molecule has 6 N–H and O–H groups in total. The van der Waals surface area contributed by atoms with E-state index in [0.717, 1.165) is 12.1 Å².